The molecule has 1 aromatic carbocycles. The Kier molecular flexibility index (Phi) is 4.84. The minimum absolute atomic E-state index is 0.0474. The molecule has 1 atom stereocenters. The number of carbonyl (C=O) groups excluding carboxylic acids is 1. The van der Waals surface area contributed by atoms with Crippen molar-refractivity contribution in [3.05, 3.63) is 54.1 Å². The molecule has 0 bridgehead atoms. The molecule has 0 saturated heterocycles. The Balaban J connectivity index is 2.08. The van der Waals surface area contributed by atoms with E-state index in [0.29, 0.717) is 6.54 Å². The van der Waals surface area contributed by atoms with Crippen molar-refractivity contribution in [2.24, 2.45) is 0 Å². The van der Waals surface area contributed by atoms with Crippen molar-refractivity contribution in [2.75, 3.05) is 6.54 Å². The molecule has 21 heavy (non-hydrogen) atoms. The first-order valence-corrected chi connectivity index (χ1v) is 7.35. The predicted octanol–water partition coefficient (Wildman–Crippen LogP) is 4.27. The van der Waals surface area contributed by atoms with E-state index in [0.717, 1.165) is 12.0 Å². The van der Waals surface area contributed by atoms with Gasteiger partial charge in [-0.15, -0.1) is 0 Å². The minimum Gasteiger partial charge on any atom is -0.444 e. The smallest absolute Gasteiger partial charge is 0.411 e. The maximum absolute atomic E-state index is 12.3. The monoisotopic (exact) mass is 285 g/mol. The molecule has 0 N–H and O–H groups in total. The summed E-state index contributed by atoms with van der Waals surface area (Å²) in [5.41, 5.74) is 0.659. The Bertz CT molecular complexity index is 526. The number of ether oxygens (including phenoxy) is 1. The summed E-state index contributed by atoms with van der Waals surface area (Å²) in [7, 11) is 0. The van der Waals surface area contributed by atoms with Crippen molar-refractivity contribution >= 4 is 12.2 Å². The quantitative estimate of drug-likeness (QED) is 0.760. The molecule has 0 unspecified atom stereocenters. The van der Waals surface area contributed by atoms with Crippen molar-refractivity contribution in [3.63, 3.8) is 0 Å². The van der Waals surface area contributed by atoms with E-state index in [1.165, 1.54) is 0 Å². The van der Waals surface area contributed by atoms with Crippen LogP contribution in [-0.2, 0) is 4.74 Å². The second-order valence-electron chi connectivity index (χ2n) is 6.15. The molecule has 112 valence electrons. The molecule has 0 radical (unpaired) electrons. The zero-order valence-corrected chi connectivity index (χ0v) is 13.0. The summed E-state index contributed by atoms with van der Waals surface area (Å²) in [6.45, 7) is 6.35. The number of rotatable bonds is 2. The van der Waals surface area contributed by atoms with E-state index in [4.69, 9.17) is 4.74 Å². The zero-order chi connectivity index (χ0) is 15.3. The van der Waals surface area contributed by atoms with Gasteiger partial charge in [-0.3, -0.25) is 4.90 Å². The molecule has 0 aromatic heterocycles. The van der Waals surface area contributed by atoms with Crippen LogP contribution in [0.5, 0.6) is 0 Å². The molecular weight excluding hydrogens is 262 g/mol. The van der Waals surface area contributed by atoms with Gasteiger partial charge in [0.15, 0.2) is 0 Å². The third-order valence-electron chi connectivity index (χ3n) is 3.14. The van der Waals surface area contributed by atoms with Crippen LogP contribution in [0.25, 0.3) is 6.08 Å². The Morgan fingerprint density at radius 1 is 1.29 bits per heavy atom. The first kappa shape index (κ1) is 15.4. The number of carbonyl (C=O) groups is 1. The standard InChI is InChI=1S/C18H23NO2/c1-18(2,3)21-17(20)19-14-8-7-11-16(19)13-12-15-9-5-4-6-10-15/h4-7,9-13,16H,8,14H2,1-3H3/b13-12+/t16-/m1/s1. The first-order valence-electron chi connectivity index (χ1n) is 7.35. The lowest BCUT2D eigenvalue weighted by Crippen LogP contribution is -2.43. The van der Waals surface area contributed by atoms with E-state index in [1.54, 1.807) is 4.90 Å². The van der Waals surface area contributed by atoms with Gasteiger partial charge in [-0.2, -0.15) is 0 Å². The van der Waals surface area contributed by atoms with Crippen molar-refractivity contribution in [2.45, 2.75) is 38.8 Å². The highest BCUT2D eigenvalue weighted by Crippen LogP contribution is 2.17. The number of hydrogen-bond donors (Lipinski definition) is 0. The Morgan fingerprint density at radius 3 is 2.67 bits per heavy atom. The van der Waals surface area contributed by atoms with Gasteiger partial charge in [-0.25, -0.2) is 4.79 Å². The molecule has 0 spiro atoms. The van der Waals surface area contributed by atoms with E-state index in [9.17, 15) is 4.79 Å². The van der Waals surface area contributed by atoms with Crippen molar-refractivity contribution in [1.82, 2.24) is 4.90 Å². The minimum atomic E-state index is -0.466. The van der Waals surface area contributed by atoms with Gasteiger partial charge in [0.25, 0.3) is 0 Å². The second kappa shape index (κ2) is 6.61. The van der Waals surface area contributed by atoms with Gasteiger partial charge in [0.2, 0.25) is 0 Å². The number of hydrogen-bond acceptors (Lipinski definition) is 2. The summed E-state index contributed by atoms with van der Waals surface area (Å²) in [6, 6.07) is 10.0. The Hall–Kier alpha value is -2.03. The lowest BCUT2D eigenvalue weighted by Gasteiger charge is -2.32. The van der Waals surface area contributed by atoms with Crippen molar-refractivity contribution in [1.29, 1.82) is 0 Å². The average Bonchev–Trinajstić information content (AvgIpc) is 2.45. The maximum Gasteiger partial charge on any atom is 0.411 e. The highest BCUT2D eigenvalue weighted by molar-refractivity contribution is 5.70. The Morgan fingerprint density at radius 2 is 2.00 bits per heavy atom. The summed E-state index contributed by atoms with van der Waals surface area (Å²) in [5.74, 6) is 0. The van der Waals surface area contributed by atoms with E-state index < -0.39 is 5.60 Å². The number of nitrogens with zero attached hydrogens (tertiary/aromatic N) is 1. The molecule has 0 aliphatic carbocycles. The molecule has 0 saturated carbocycles. The van der Waals surface area contributed by atoms with E-state index in [-0.39, 0.29) is 12.1 Å². The van der Waals surface area contributed by atoms with Crippen LogP contribution in [0.3, 0.4) is 0 Å². The lowest BCUT2D eigenvalue weighted by atomic mass is 10.1. The molecule has 1 aromatic rings. The van der Waals surface area contributed by atoms with Gasteiger partial charge >= 0.3 is 6.09 Å². The van der Waals surface area contributed by atoms with Gasteiger partial charge in [0, 0.05) is 6.54 Å². The predicted molar refractivity (Wildman–Crippen MR) is 86.0 cm³/mol. The van der Waals surface area contributed by atoms with Crippen molar-refractivity contribution < 1.29 is 9.53 Å². The number of amides is 1. The summed E-state index contributed by atoms with van der Waals surface area (Å²) in [4.78, 5) is 14.0. The highest BCUT2D eigenvalue weighted by atomic mass is 16.6. The topological polar surface area (TPSA) is 29.5 Å². The van der Waals surface area contributed by atoms with Crippen LogP contribution in [0, 0.1) is 0 Å². The fourth-order valence-electron chi connectivity index (χ4n) is 2.18. The van der Waals surface area contributed by atoms with E-state index >= 15 is 0 Å². The summed E-state index contributed by atoms with van der Waals surface area (Å²) < 4.78 is 5.48. The lowest BCUT2D eigenvalue weighted by molar-refractivity contribution is 0.0225. The van der Waals surface area contributed by atoms with Crippen LogP contribution >= 0.6 is 0 Å². The summed E-state index contributed by atoms with van der Waals surface area (Å²) in [5, 5.41) is 0. The van der Waals surface area contributed by atoms with Crippen molar-refractivity contribution in [3.8, 4) is 0 Å². The molecule has 3 nitrogen and oxygen atoms in total. The molecule has 1 heterocycles. The maximum atomic E-state index is 12.3. The molecule has 3 heteroatoms. The van der Waals surface area contributed by atoms with Crippen LogP contribution < -0.4 is 0 Å². The van der Waals surface area contributed by atoms with Gasteiger partial charge in [-0.1, -0.05) is 54.6 Å². The highest BCUT2D eigenvalue weighted by Gasteiger charge is 2.26. The van der Waals surface area contributed by atoms with Crippen LogP contribution in [0.2, 0.25) is 0 Å². The molecule has 1 aliphatic heterocycles. The van der Waals surface area contributed by atoms with Crippen LogP contribution in [-0.4, -0.2) is 29.2 Å². The molecule has 0 fully saturated rings. The molecule has 2 rings (SSSR count). The van der Waals surface area contributed by atoms with E-state index in [1.807, 2.05) is 69.3 Å². The van der Waals surface area contributed by atoms with Crippen LogP contribution in [0.15, 0.2) is 48.6 Å². The summed E-state index contributed by atoms with van der Waals surface area (Å²) >= 11 is 0. The SMILES string of the molecule is CC(C)(C)OC(=O)N1CCC=C[C@@H]1/C=C/c1ccccc1. The van der Waals surface area contributed by atoms with Gasteiger partial charge in [-0.05, 0) is 32.8 Å². The van der Waals surface area contributed by atoms with Gasteiger partial charge < -0.3 is 4.74 Å². The van der Waals surface area contributed by atoms with Gasteiger partial charge in [0.05, 0.1) is 6.04 Å². The Labute approximate surface area is 126 Å². The summed E-state index contributed by atoms with van der Waals surface area (Å²) in [6.07, 6.45) is 8.85. The van der Waals surface area contributed by atoms with Gasteiger partial charge in [0.1, 0.15) is 5.60 Å². The molecular formula is C18H23NO2. The second-order valence-corrected chi connectivity index (χ2v) is 6.15. The fraction of sp³-hybridized carbons (Fsp3) is 0.389. The average molecular weight is 285 g/mol. The number of benzene rings is 1. The normalized spacial score (nSPS) is 19.0. The third kappa shape index (κ3) is 4.78. The van der Waals surface area contributed by atoms with E-state index in [2.05, 4.69) is 6.08 Å². The third-order valence-corrected chi connectivity index (χ3v) is 3.14. The van der Waals surface area contributed by atoms with Crippen LogP contribution in [0.1, 0.15) is 32.8 Å². The molecule has 1 amide bonds. The molecule has 1 aliphatic rings. The first-order chi connectivity index (χ1) is 9.96. The van der Waals surface area contributed by atoms with Crippen LogP contribution in [0.4, 0.5) is 4.79 Å². The largest absolute Gasteiger partial charge is 0.444 e. The fourth-order valence-corrected chi connectivity index (χ4v) is 2.18. The zero-order valence-electron chi connectivity index (χ0n) is 13.0.